The van der Waals surface area contributed by atoms with Crippen LogP contribution in [0.5, 0.6) is 0 Å². The SMILES string of the molecule is CSc1nc(N)c2ncn([C@@H]3C[C@](C)(COP(=O)(O)O)[C@@H](O)[C@H]3O)c2n1. The van der Waals surface area contributed by atoms with Crippen LogP contribution in [0.3, 0.4) is 0 Å². The van der Waals surface area contributed by atoms with Crippen LogP contribution < -0.4 is 5.73 Å². The number of hydrogen-bond donors (Lipinski definition) is 5. The summed E-state index contributed by atoms with van der Waals surface area (Å²) in [5.74, 6) is 0.207. The average Bonchev–Trinajstić information content (AvgIpc) is 3.08. The Hall–Kier alpha value is -1.27. The van der Waals surface area contributed by atoms with Gasteiger partial charge in [0, 0.05) is 5.41 Å². The number of rotatable bonds is 5. The third-order valence-corrected chi connectivity index (χ3v) is 5.65. The third kappa shape index (κ3) is 3.46. The second-order valence-corrected chi connectivity index (χ2v) is 8.56. The Bertz CT molecular complexity index is 874. The Morgan fingerprint density at radius 1 is 1.46 bits per heavy atom. The van der Waals surface area contributed by atoms with Crippen molar-refractivity contribution in [1.82, 2.24) is 19.5 Å². The molecule has 2 aromatic heterocycles. The van der Waals surface area contributed by atoms with E-state index in [2.05, 4.69) is 19.5 Å². The highest BCUT2D eigenvalue weighted by molar-refractivity contribution is 7.98. The van der Waals surface area contributed by atoms with Gasteiger partial charge in [-0.15, -0.1) is 0 Å². The van der Waals surface area contributed by atoms with Gasteiger partial charge in [0.15, 0.2) is 16.6 Å². The summed E-state index contributed by atoms with van der Waals surface area (Å²) in [5.41, 5.74) is 5.62. The molecule has 13 heteroatoms. The number of nitrogens with two attached hydrogens (primary N) is 1. The van der Waals surface area contributed by atoms with Gasteiger partial charge in [0.2, 0.25) is 0 Å². The lowest BCUT2D eigenvalue weighted by Crippen LogP contribution is -2.37. The first kappa shape index (κ1) is 19.5. The van der Waals surface area contributed by atoms with Gasteiger partial charge >= 0.3 is 7.82 Å². The minimum Gasteiger partial charge on any atom is -0.390 e. The van der Waals surface area contributed by atoms with Crippen molar-refractivity contribution in [1.29, 1.82) is 0 Å². The van der Waals surface area contributed by atoms with E-state index in [0.29, 0.717) is 16.3 Å². The fourth-order valence-electron chi connectivity index (χ4n) is 3.23. The highest BCUT2D eigenvalue weighted by Crippen LogP contribution is 2.48. The molecule has 11 nitrogen and oxygen atoms in total. The molecule has 0 unspecified atom stereocenters. The second-order valence-electron chi connectivity index (χ2n) is 6.54. The number of thioether (sulfide) groups is 1. The number of nitrogens with zero attached hydrogens (tertiary/aromatic N) is 4. The number of hydrogen-bond acceptors (Lipinski definition) is 9. The lowest BCUT2D eigenvalue weighted by atomic mass is 9.87. The van der Waals surface area contributed by atoms with Gasteiger partial charge in [0.1, 0.15) is 11.6 Å². The summed E-state index contributed by atoms with van der Waals surface area (Å²) in [7, 11) is -4.69. The van der Waals surface area contributed by atoms with Gasteiger partial charge in [-0.05, 0) is 12.7 Å². The molecule has 0 spiro atoms. The Balaban J connectivity index is 1.96. The fourth-order valence-corrected chi connectivity index (χ4v) is 4.06. The zero-order chi connectivity index (χ0) is 19.3. The number of aromatic nitrogens is 4. The molecule has 1 aliphatic carbocycles. The molecule has 0 amide bonds. The minimum atomic E-state index is -4.69. The Morgan fingerprint density at radius 2 is 2.15 bits per heavy atom. The maximum absolute atomic E-state index is 11.0. The number of aliphatic hydroxyl groups excluding tert-OH is 2. The van der Waals surface area contributed by atoms with Crippen LogP contribution in [0.2, 0.25) is 0 Å². The summed E-state index contributed by atoms with van der Waals surface area (Å²) >= 11 is 1.30. The van der Waals surface area contributed by atoms with Crippen LogP contribution >= 0.6 is 19.6 Å². The molecule has 144 valence electrons. The molecule has 1 aliphatic rings. The van der Waals surface area contributed by atoms with Crippen molar-refractivity contribution < 1.29 is 29.1 Å². The van der Waals surface area contributed by atoms with Crippen molar-refractivity contribution in [3.8, 4) is 0 Å². The topological polar surface area (TPSA) is 177 Å². The van der Waals surface area contributed by atoms with E-state index in [4.69, 9.17) is 15.5 Å². The summed E-state index contributed by atoms with van der Waals surface area (Å²) in [4.78, 5) is 30.5. The van der Waals surface area contributed by atoms with Gasteiger partial charge in [-0.25, -0.2) is 19.5 Å². The van der Waals surface area contributed by atoms with Gasteiger partial charge in [-0.3, -0.25) is 4.52 Å². The van der Waals surface area contributed by atoms with Crippen LogP contribution in [0.4, 0.5) is 5.82 Å². The van der Waals surface area contributed by atoms with Gasteiger partial charge in [-0.1, -0.05) is 18.7 Å². The first-order valence-corrected chi connectivity index (χ1v) is 10.4. The van der Waals surface area contributed by atoms with Crippen LogP contribution in [0.25, 0.3) is 11.2 Å². The number of phosphoric acid groups is 1. The molecule has 3 rings (SSSR count). The highest BCUT2D eigenvalue weighted by Gasteiger charge is 2.51. The molecule has 0 radical (unpaired) electrons. The van der Waals surface area contributed by atoms with Gasteiger partial charge < -0.3 is 30.3 Å². The van der Waals surface area contributed by atoms with Crippen molar-refractivity contribution in [3.05, 3.63) is 6.33 Å². The standard InChI is InChI=1S/C13H20N5O6PS/c1-13(4-24-25(21,22)23)3-6(8(19)9(13)20)18-5-15-7-10(14)16-12(26-2)17-11(7)18/h5-6,8-9,19-20H,3-4H2,1-2H3,(H2,14,16,17)(H2,21,22,23)/t6-,8+,9+,13-/m1/s1. The number of imidazole rings is 1. The lowest BCUT2D eigenvalue weighted by Gasteiger charge is -2.28. The van der Waals surface area contributed by atoms with Crippen molar-refractivity contribution >= 4 is 36.6 Å². The largest absolute Gasteiger partial charge is 0.469 e. The summed E-state index contributed by atoms with van der Waals surface area (Å²) in [6.07, 6.45) is 0.990. The predicted molar refractivity (Wildman–Crippen MR) is 93.3 cm³/mol. The summed E-state index contributed by atoms with van der Waals surface area (Å²) in [6, 6.07) is -0.621. The quantitative estimate of drug-likeness (QED) is 0.255. The molecule has 2 heterocycles. The third-order valence-electron chi connectivity index (χ3n) is 4.64. The number of nitrogen functional groups attached to an aromatic ring is 1. The van der Waals surface area contributed by atoms with E-state index in [1.54, 1.807) is 17.7 Å². The first-order valence-electron chi connectivity index (χ1n) is 7.66. The van der Waals surface area contributed by atoms with Crippen LogP contribution in [0.1, 0.15) is 19.4 Å². The normalized spacial score (nSPS) is 29.5. The van der Waals surface area contributed by atoms with Crippen LogP contribution in [0, 0.1) is 5.41 Å². The van der Waals surface area contributed by atoms with Crippen molar-refractivity contribution in [3.63, 3.8) is 0 Å². The number of aliphatic hydroxyl groups is 2. The van der Waals surface area contributed by atoms with Gasteiger partial charge in [0.05, 0.1) is 25.1 Å². The van der Waals surface area contributed by atoms with E-state index in [1.807, 2.05) is 0 Å². The molecule has 0 bridgehead atoms. The zero-order valence-electron chi connectivity index (χ0n) is 14.1. The summed E-state index contributed by atoms with van der Waals surface area (Å²) in [5, 5.41) is 21.4. The van der Waals surface area contributed by atoms with Crippen molar-refractivity contribution in [2.75, 3.05) is 18.6 Å². The minimum absolute atomic E-state index is 0.194. The Kier molecular flexibility index (Phi) is 5.03. The smallest absolute Gasteiger partial charge is 0.390 e. The number of anilines is 1. The van der Waals surface area contributed by atoms with Crippen molar-refractivity contribution in [2.45, 2.75) is 36.8 Å². The predicted octanol–water partition coefficient (Wildman–Crippen LogP) is -0.0874. The molecule has 0 saturated heterocycles. The highest BCUT2D eigenvalue weighted by atomic mass is 32.2. The molecule has 0 aromatic carbocycles. The van der Waals surface area contributed by atoms with Gasteiger partial charge in [-0.2, -0.15) is 0 Å². The van der Waals surface area contributed by atoms with E-state index in [-0.39, 0.29) is 12.2 Å². The molecule has 26 heavy (non-hydrogen) atoms. The molecule has 0 aliphatic heterocycles. The van der Waals surface area contributed by atoms with Crippen LogP contribution in [-0.2, 0) is 9.09 Å². The molecular weight excluding hydrogens is 385 g/mol. The lowest BCUT2D eigenvalue weighted by molar-refractivity contribution is -0.0397. The Morgan fingerprint density at radius 3 is 2.77 bits per heavy atom. The Labute approximate surface area is 152 Å². The number of fused-ring (bicyclic) bond motifs is 1. The second kappa shape index (κ2) is 6.71. The van der Waals surface area contributed by atoms with E-state index in [0.717, 1.165) is 0 Å². The molecule has 2 aromatic rings. The molecule has 6 N–H and O–H groups in total. The molecular formula is C13H20N5O6PS. The monoisotopic (exact) mass is 405 g/mol. The zero-order valence-corrected chi connectivity index (χ0v) is 15.8. The fraction of sp³-hybridized carbons (Fsp3) is 0.615. The average molecular weight is 405 g/mol. The van der Waals surface area contributed by atoms with E-state index in [1.165, 1.54) is 18.1 Å². The maximum Gasteiger partial charge on any atom is 0.469 e. The van der Waals surface area contributed by atoms with E-state index < -0.39 is 38.1 Å². The maximum atomic E-state index is 11.0. The van der Waals surface area contributed by atoms with Crippen LogP contribution in [-0.4, -0.2) is 64.6 Å². The van der Waals surface area contributed by atoms with Crippen molar-refractivity contribution in [2.24, 2.45) is 5.41 Å². The van der Waals surface area contributed by atoms with E-state index in [9.17, 15) is 14.8 Å². The molecule has 4 atom stereocenters. The van der Waals surface area contributed by atoms with Crippen LogP contribution in [0.15, 0.2) is 11.5 Å². The summed E-state index contributed by atoms with van der Waals surface area (Å²) < 4.78 is 17.2. The van der Waals surface area contributed by atoms with Gasteiger partial charge in [0.25, 0.3) is 0 Å². The molecule has 1 fully saturated rings. The molecule has 1 saturated carbocycles. The number of phosphoric ester groups is 1. The first-order chi connectivity index (χ1) is 12.1. The summed E-state index contributed by atoms with van der Waals surface area (Å²) in [6.45, 7) is 1.18. The van der Waals surface area contributed by atoms with E-state index >= 15 is 0 Å².